The van der Waals surface area contributed by atoms with E-state index in [0.717, 1.165) is 25.1 Å². The third-order valence-corrected chi connectivity index (χ3v) is 2.74. The second-order valence-electron chi connectivity index (χ2n) is 4.09. The van der Waals surface area contributed by atoms with E-state index in [9.17, 15) is 9.90 Å². The summed E-state index contributed by atoms with van der Waals surface area (Å²) in [4.78, 5) is 16.0. The number of aliphatic hydroxyl groups excluding tert-OH is 1. The Hall–Kier alpha value is -1.36. The van der Waals surface area contributed by atoms with Crippen LogP contribution in [-0.4, -0.2) is 27.7 Å². The van der Waals surface area contributed by atoms with Gasteiger partial charge >= 0.3 is 5.97 Å². The zero-order chi connectivity index (χ0) is 13.0. The molecule has 0 bridgehead atoms. The summed E-state index contributed by atoms with van der Waals surface area (Å²) in [5, 5.41) is 9.63. The molecule has 1 heterocycles. The quantitative estimate of drug-likeness (QED) is 0.794. The van der Waals surface area contributed by atoms with Crippen LogP contribution in [0.4, 0.5) is 0 Å². The first kappa shape index (κ1) is 13.7. The number of carbonyl (C=O) groups excluding carboxylic acids is 1. The average Bonchev–Trinajstić information content (AvgIpc) is 2.63. The smallest absolute Gasteiger partial charge is 0.356 e. The molecule has 0 aliphatic carbocycles. The Morgan fingerprint density at radius 3 is 2.71 bits per heavy atom. The van der Waals surface area contributed by atoms with Crippen LogP contribution in [0.25, 0.3) is 0 Å². The SMILES string of the molecule is CCCCc1nc(C(C)O)c(C(=O)OC)n1C. The Labute approximate surface area is 101 Å². The first-order valence-electron chi connectivity index (χ1n) is 5.84. The van der Waals surface area contributed by atoms with Crippen molar-refractivity contribution in [3.63, 3.8) is 0 Å². The second-order valence-corrected chi connectivity index (χ2v) is 4.09. The molecule has 0 spiro atoms. The molecule has 0 aromatic carbocycles. The van der Waals surface area contributed by atoms with Crippen molar-refractivity contribution >= 4 is 5.97 Å². The number of ether oxygens (including phenoxy) is 1. The lowest BCUT2D eigenvalue weighted by molar-refractivity contribution is 0.0582. The minimum Gasteiger partial charge on any atom is -0.464 e. The number of nitrogens with zero attached hydrogens (tertiary/aromatic N) is 2. The molecule has 0 aliphatic heterocycles. The summed E-state index contributed by atoms with van der Waals surface area (Å²) in [5.74, 6) is 0.349. The van der Waals surface area contributed by atoms with E-state index in [1.165, 1.54) is 7.11 Å². The van der Waals surface area contributed by atoms with E-state index in [1.54, 1.807) is 18.5 Å². The number of imidazole rings is 1. The number of aliphatic hydroxyl groups is 1. The van der Waals surface area contributed by atoms with Gasteiger partial charge in [-0.05, 0) is 13.3 Å². The maximum Gasteiger partial charge on any atom is 0.356 e. The van der Waals surface area contributed by atoms with Crippen molar-refractivity contribution in [1.29, 1.82) is 0 Å². The van der Waals surface area contributed by atoms with E-state index < -0.39 is 12.1 Å². The summed E-state index contributed by atoms with van der Waals surface area (Å²) in [6, 6.07) is 0. The Morgan fingerprint density at radius 1 is 1.59 bits per heavy atom. The van der Waals surface area contributed by atoms with Crippen LogP contribution < -0.4 is 0 Å². The van der Waals surface area contributed by atoms with Gasteiger partial charge in [-0.3, -0.25) is 0 Å². The number of unbranched alkanes of at least 4 members (excludes halogenated alkanes) is 1. The summed E-state index contributed by atoms with van der Waals surface area (Å²) < 4.78 is 6.43. The van der Waals surface area contributed by atoms with Crippen LogP contribution >= 0.6 is 0 Å². The maximum absolute atomic E-state index is 11.7. The van der Waals surface area contributed by atoms with Crippen molar-refractivity contribution in [2.24, 2.45) is 7.05 Å². The van der Waals surface area contributed by atoms with Crippen molar-refractivity contribution in [3.8, 4) is 0 Å². The molecule has 5 nitrogen and oxygen atoms in total. The number of hydrogen-bond acceptors (Lipinski definition) is 4. The van der Waals surface area contributed by atoms with Gasteiger partial charge in [0.15, 0.2) is 5.69 Å². The largest absolute Gasteiger partial charge is 0.464 e. The molecule has 0 aliphatic rings. The monoisotopic (exact) mass is 240 g/mol. The summed E-state index contributed by atoms with van der Waals surface area (Å²) in [5.41, 5.74) is 0.735. The Balaban J connectivity index is 3.15. The molecule has 5 heteroatoms. The number of methoxy groups -OCH3 is 1. The van der Waals surface area contributed by atoms with E-state index in [-0.39, 0.29) is 0 Å². The lowest BCUT2D eigenvalue weighted by Crippen LogP contribution is -2.12. The van der Waals surface area contributed by atoms with E-state index in [2.05, 4.69) is 11.9 Å². The van der Waals surface area contributed by atoms with Crippen molar-refractivity contribution in [2.45, 2.75) is 39.2 Å². The van der Waals surface area contributed by atoms with Crippen LogP contribution in [0.1, 0.15) is 54.8 Å². The summed E-state index contributed by atoms with van der Waals surface area (Å²) in [6.07, 6.45) is 2.09. The van der Waals surface area contributed by atoms with Crippen LogP contribution in [-0.2, 0) is 18.2 Å². The highest BCUT2D eigenvalue weighted by Gasteiger charge is 2.23. The standard InChI is InChI=1S/C12H20N2O3/c1-5-6-7-9-13-10(8(2)15)11(14(9)3)12(16)17-4/h8,15H,5-7H2,1-4H3. The molecule has 1 atom stereocenters. The zero-order valence-corrected chi connectivity index (χ0v) is 10.9. The lowest BCUT2D eigenvalue weighted by atomic mass is 10.2. The first-order valence-corrected chi connectivity index (χ1v) is 5.84. The van der Waals surface area contributed by atoms with Gasteiger partial charge in [0.05, 0.1) is 13.2 Å². The number of aromatic nitrogens is 2. The molecule has 0 saturated heterocycles. The van der Waals surface area contributed by atoms with Gasteiger partial charge in [-0.1, -0.05) is 13.3 Å². The number of esters is 1. The Bertz CT molecular complexity index is 397. The predicted molar refractivity (Wildman–Crippen MR) is 63.8 cm³/mol. The summed E-state index contributed by atoms with van der Waals surface area (Å²) in [7, 11) is 3.10. The number of rotatable bonds is 5. The second kappa shape index (κ2) is 5.82. The molecule has 0 saturated carbocycles. The molecule has 0 amide bonds. The van der Waals surface area contributed by atoms with Gasteiger partial charge in [-0.25, -0.2) is 9.78 Å². The maximum atomic E-state index is 11.7. The molecule has 1 aromatic heterocycles. The van der Waals surface area contributed by atoms with Gasteiger partial charge in [-0.15, -0.1) is 0 Å². The van der Waals surface area contributed by atoms with Crippen molar-refractivity contribution < 1.29 is 14.6 Å². The Morgan fingerprint density at radius 2 is 2.24 bits per heavy atom. The molecule has 1 unspecified atom stereocenters. The highest BCUT2D eigenvalue weighted by atomic mass is 16.5. The van der Waals surface area contributed by atoms with E-state index in [0.29, 0.717) is 11.4 Å². The van der Waals surface area contributed by atoms with Gasteiger partial charge in [0.2, 0.25) is 0 Å². The fraction of sp³-hybridized carbons (Fsp3) is 0.667. The summed E-state index contributed by atoms with van der Waals surface area (Å²) in [6.45, 7) is 3.69. The van der Waals surface area contributed by atoms with Gasteiger partial charge in [0.25, 0.3) is 0 Å². The first-order chi connectivity index (χ1) is 8.02. The van der Waals surface area contributed by atoms with Gasteiger partial charge in [0.1, 0.15) is 11.5 Å². The molecular formula is C12H20N2O3. The van der Waals surface area contributed by atoms with Gasteiger partial charge in [0, 0.05) is 13.5 Å². The molecule has 1 aromatic rings. The van der Waals surface area contributed by atoms with Crippen molar-refractivity contribution in [2.75, 3.05) is 7.11 Å². The fourth-order valence-corrected chi connectivity index (χ4v) is 1.76. The highest BCUT2D eigenvalue weighted by molar-refractivity contribution is 5.89. The number of carbonyl (C=O) groups is 1. The molecule has 0 radical (unpaired) electrons. The highest BCUT2D eigenvalue weighted by Crippen LogP contribution is 2.20. The third-order valence-electron chi connectivity index (χ3n) is 2.74. The molecule has 0 fully saturated rings. The summed E-state index contributed by atoms with van der Waals surface area (Å²) >= 11 is 0. The predicted octanol–water partition coefficient (Wildman–Crippen LogP) is 1.60. The molecular weight excluding hydrogens is 220 g/mol. The van der Waals surface area contributed by atoms with E-state index in [4.69, 9.17) is 4.74 Å². The Kier molecular flexibility index (Phi) is 4.69. The van der Waals surface area contributed by atoms with Gasteiger partial charge in [-0.2, -0.15) is 0 Å². The molecule has 1 N–H and O–H groups in total. The lowest BCUT2D eigenvalue weighted by Gasteiger charge is -2.06. The third kappa shape index (κ3) is 2.85. The minimum atomic E-state index is -0.773. The zero-order valence-electron chi connectivity index (χ0n) is 10.9. The van der Waals surface area contributed by atoms with Crippen molar-refractivity contribution in [3.05, 3.63) is 17.2 Å². The fourth-order valence-electron chi connectivity index (χ4n) is 1.76. The molecule has 96 valence electrons. The van der Waals surface area contributed by atoms with Gasteiger partial charge < -0.3 is 14.4 Å². The van der Waals surface area contributed by atoms with Crippen LogP contribution in [0, 0.1) is 0 Å². The van der Waals surface area contributed by atoms with Crippen LogP contribution in [0.3, 0.4) is 0 Å². The number of aryl methyl sites for hydroxylation is 1. The van der Waals surface area contributed by atoms with Crippen molar-refractivity contribution in [1.82, 2.24) is 9.55 Å². The van der Waals surface area contributed by atoms with E-state index >= 15 is 0 Å². The molecule has 1 rings (SSSR count). The van der Waals surface area contributed by atoms with E-state index in [1.807, 2.05) is 0 Å². The molecule has 17 heavy (non-hydrogen) atoms. The van der Waals surface area contributed by atoms with Crippen LogP contribution in [0.2, 0.25) is 0 Å². The van der Waals surface area contributed by atoms with Crippen LogP contribution in [0.5, 0.6) is 0 Å². The van der Waals surface area contributed by atoms with Crippen LogP contribution in [0.15, 0.2) is 0 Å². The minimum absolute atomic E-state index is 0.341. The normalized spacial score (nSPS) is 12.5. The number of hydrogen-bond donors (Lipinski definition) is 1. The average molecular weight is 240 g/mol. The topological polar surface area (TPSA) is 64.3 Å².